The number of nitro groups is 1. The fraction of sp³-hybridized carbons (Fsp3) is 0.150. The first-order valence-electron chi connectivity index (χ1n) is 8.59. The highest BCUT2D eigenvalue weighted by atomic mass is 16.6. The van der Waals surface area contributed by atoms with Crippen LogP contribution in [0.3, 0.4) is 0 Å². The molecule has 0 spiro atoms. The zero-order chi connectivity index (χ0) is 20.1. The van der Waals surface area contributed by atoms with Gasteiger partial charge in [-0.1, -0.05) is 42.5 Å². The Kier molecular flexibility index (Phi) is 5.71. The molecule has 2 N–H and O–H groups in total. The third kappa shape index (κ3) is 4.02. The minimum Gasteiger partial charge on any atom is -0.395 e. The molecule has 8 heteroatoms. The predicted molar refractivity (Wildman–Crippen MR) is 104 cm³/mol. The monoisotopic (exact) mass is 378 g/mol. The van der Waals surface area contributed by atoms with Crippen LogP contribution >= 0.6 is 0 Å². The first kappa shape index (κ1) is 19.1. The third-order valence-corrected chi connectivity index (χ3v) is 4.08. The van der Waals surface area contributed by atoms with Gasteiger partial charge in [-0.15, -0.1) is 0 Å². The van der Waals surface area contributed by atoms with Crippen molar-refractivity contribution in [2.45, 2.75) is 6.92 Å². The molecule has 0 aliphatic carbocycles. The fourth-order valence-electron chi connectivity index (χ4n) is 2.79. The van der Waals surface area contributed by atoms with Crippen molar-refractivity contribution in [2.75, 3.05) is 13.2 Å². The Hall–Kier alpha value is -3.65. The van der Waals surface area contributed by atoms with Crippen molar-refractivity contribution in [3.8, 4) is 22.6 Å². The van der Waals surface area contributed by atoms with Crippen molar-refractivity contribution in [3.63, 3.8) is 0 Å². The number of benzene rings is 2. The van der Waals surface area contributed by atoms with Crippen molar-refractivity contribution in [1.29, 1.82) is 0 Å². The number of rotatable bonds is 6. The van der Waals surface area contributed by atoms with E-state index in [4.69, 9.17) is 5.11 Å². The number of aliphatic hydroxyl groups is 1. The van der Waals surface area contributed by atoms with Gasteiger partial charge in [0.15, 0.2) is 5.82 Å². The molecular formula is C20H18N4O4. The Morgan fingerprint density at radius 1 is 1.11 bits per heavy atom. The lowest BCUT2D eigenvalue weighted by Crippen LogP contribution is -2.28. The first-order valence-corrected chi connectivity index (χ1v) is 8.59. The molecular weight excluding hydrogens is 360 g/mol. The highest BCUT2D eigenvalue weighted by Crippen LogP contribution is 2.29. The lowest BCUT2D eigenvalue weighted by molar-refractivity contribution is -0.384. The Balaban J connectivity index is 2.21. The van der Waals surface area contributed by atoms with Gasteiger partial charge in [0.05, 0.1) is 28.5 Å². The number of non-ortho nitro benzene ring substituents is 1. The third-order valence-electron chi connectivity index (χ3n) is 4.08. The van der Waals surface area contributed by atoms with E-state index < -0.39 is 10.8 Å². The van der Waals surface area contributed by atoms with Gasteiger partial charge in [-0.3, -0.25) is 14.9 Å². The molecule has 0 aliphatic rings. The maximum absolute atomic E-state index is 12.6. The number of aliphatic hydroxyl groups excluding tert-OH is 1. The van der Waals surface area contributed by atoms with Crippen LogP contribution < -0.4 is 5.32 Å². The standard InChI is InChI=1S/C20H18N4O4/c1-13-17(20(26)21-10-11-25)18(15-8-5-9-16(12-15)24(27)28)23-19(22-13)14-6-3-2-4-7-14/h2-9,12,25H,10-11H2,1H3,(H,21,26). The maximum Gasteiger partial charge on any atom is 0.270 e. The van der Waals surface area contributed by atoms with Crippen LogP contribution in [0, 0.1) is 17.0 Å². The lowest BCUT2D eigenvalue weighted by Gasteiger charge is -2.14. The summed E-state index contributed by atoms with van der Waals surface area (Å²) in [7, 11) is 0. The topological polar surface area (TPSA) is 118 Å². The molecule has 1 aromatic heterocycles. The van der Waals surface area contributed by atoms with Gasteiger partial charge in [-0.2, -0.15) is 0 Å². The van der Waals surface area contributed by atoms with E-state index in [9.17, 15) is 14.9 Å². The second-order valence-corrected chi connectivity index (χ2v) is 6.01. The highest BCUT2D eigenvalue weighted by Gasteiger charge is 2.21. The number of amides is 1. The van der Waals surface area contributed by atoms with E-state index in [1.165, 1.54) is 12.1 Å². The van der Waals surface area contributed by atoms with Crippen molar-refractivity contribution in [2.24, 2.45) is 0 Å². The molecule has 0 saturated carbocycles. The van der Waals surface area contributed by atoms with Crippen LogP contribution in [0.2, 0.25) is 0 Å². The summed E-state index contributed by atoms with van der Waals surface area (Å²) in [6.45, 7) is 1.55. The van der Waals surface area contributed by atoms with Crippen LogP contribution in [0.1, 0.15) is 16.1 Å². The maximum atomic E-state index is 12.6. The molecule has 3 rings (SSSR count). The van der Waals surface area contributed by atoms with E-state index in [0.29, 0.717) is 22.8 Å². The number of carbonyl (C=O) groups excluding carboxylic acids is 1. The fourth-order valence-corrected chi connectivity index (χ4v) is 2.79. The summed E-state index contributed by atoms with van der Waals surface area (Å²) in [5, 5.41) is 22.7. The summed E-state index contributed by atoms with van der Waals surface area (Å²) in [6, 6.07) is 15.2. The van der Waals surface area contributed by atoms with Crippen LogP contribution in [-0.4, -0.2) is 39.1 Å². The summed E-state index contributed by atoms with van der Waals surface area (Å²) in [4.78, 5) is 32.3. The van der Waals surface area contributed by atoms with Crippen molar-refractivity contribution in [1.82, 2.24) is 15.3 Å². The van der Waals surface area contributed by atoms with Gasteiger partial charge in [0.2, 0.25) is 0 Å². The molecule has 0 radical (unpaired) electrons. The van der Waals surface area contributed by atoms with Gasteiger partial charge in [0, 0.05) is 29.8 Å². The molecule has 142 valence electrons. The Bertz CT molecular complexity index is 1020. The SMILES string of the molecule is Cc1nc(-c2ccccc2)nc(-c2cccc([N+](=O)[O-])c2)c1C(=O)NCCO. The zero-order valence-electron chi connectivity index (χ0n) is 15.1. The number of hydrogen-bond acceptors (Lipinski definition) is 6. The molecule has 3 aromatic rings. The second-order valence-electron chi connectivity index (χ2n) is 6.01. The molecule has 0 fully saturated rings. The van der Waals surface area contributed by atoms with E-state index in [2.05, 4.69) is 15.3 Å². The molecule has 2 aromatic carbocycles. The molecule has 0 aliphatic heterocycles. The van der Waals surface area contributed by atoms with Crippen LogP contribution in [0.5, 0.6) is 0 Å². The predicted octanol–water partition coefficient (Wildman–Crippen LogP) is 2.75. The molecule has 28 heavy (non-hydrogen) atoms. The Morgan fingerprint density at radius 2 is 1.82 bits per heavy atom. The first-order chi connectivity index (χ1) is 13.5. The average molecular weight is 378 g/mol. The van der Waals surface area contributed by atoms with Crippen LogP contribution in [0.15, 0.2) is 54.6 Å². The summed E-state index contributed by atoms with van der Waals surface area (Å²) in [5.41, 5.74) is 2.05. The van der Waals surface area contributed by atoms with E-state index in [1.54, 1.807) is 19.1 Å². The highest BCUT2D eigenvalue weighted by molar-refractivity contribution is 6.01. The molecule has 0 atom stereocenters. The molecule has 1 amide bonds. The summed E-state index contributed by atoms with van der Waals surface area (Å²) in [5.74, 6) is -0.0361. The Morgan fingerprint density at radius 3 is 2.50 bits per heavy atom. The molecule has 1 heterocycles. The minimum absolute atomic E-state index is 0.0765. The van der Waals surface area contributed by atoms with Gasteiger partial charge in [0.1, 0.15) is 0 Å². The van der Waals surface area contributed by atoms with E-state index in [-0.39, 0.29) is 24.4 Å². The summed E-state index contributed by atoms with van der Waals surface area (Å²) >= 11 is 0. The van der Waals surface area contributed by atoms with Gasteiger partial charge in [-0.25, -0.2) is 9.97 Å². The van der Waals surface area contributed by atoms with Crippen LogP contribution in [0.25, 0.3) is 22.6 Å². The van der Waals surface area contributed by atoms with Crippen molar-refractivity contribution < 1.29 is 14.8 Å². The molecule has 0 bridgehead atoms. The summed E-state index contributed by atoms with van der Waals surface area (Å²) in [6.07, 6.45) is 0. The van der Waals surface area contributed by atoms with Gasteiger partial charge in [-0.05, 0) is 6.92 Å². The van der Waals surface area contributed by atoms with Gasteiger partial charge >= 0.3 is 0 Å². The van der Waals surface area contributed by atoms with Crippen LogP contribution in [-0.2, 0) is 0 Å². The zero-order valence-corrected chi connectivity index (χ0v) is 15.1. The number of carbonyl (C=O) groups is 1. The van der Waals surface area contributed by atoms with E-state index in [0.717, 1.165) is 5.56 Å². The van der Waals surface area contributed by atoms with Crippen molar-refractivity contribution >= 4 is 11.6 Å². The van der Waals surface area contributed by atoms with Gasteiger partial charge in [0.25, 0.3) is 11.6 Å². The second kappa shape index (κ2) is 8.36. The lowest BCUT2D eigenvalue weighted by atomic mass is 10.0. The largest absolute Gasteiger partial charge is 0.395 e. The summed E-state index contributed by atoms with van der Waals surface area (Å²) < 4.78 is 0. The van der Waals surface area contributed by atoms with E-state index in [1.807, 2.05) is 30.3 Å². The van der Waals surface area contributed by atoms with Gasteiger partial charge < -0.3 is 10.4 Å². The molecule has 0 unspecified atom stereocenters. The number of hydrogen-bond donors (Lipinski definition) is 2. The number of nitro benzene ring substituents is 1. The Labute approximate surface area is 161 Å². The van der Waals surface area contributed by atoms with E-state index >= 15 is 0 Å². The van der Waals surface area contributed by atoms with Crippen LogP contribution in [0.4, 0.5) is 5.69 Å². The molecule has 8 nitrogen and oxygen atoms in total. The normalized spacial score (nSPS) is 10.5. The number of nitrogens with one attached hydrogen (secondary N) is 1. The van der Waals surface area contributed by atoms with Crippen molar-refractivity contribution in [3.05, 3.63) is 76.0 Å². The number of aromatic nitrogens is 2. The quantitative estimate of drug-likeness (QED) is 0.503. The number of aryl methyl sites for hydroxylation is 1. The number of nitrogens with zero attached hydrogens (tertiary/aromatic N) is 3. The molecule has 0 saturated heterocycles. The minimum atomic E-state index is -0.499. The smallest absolute Gasteiger partial charge is 0.270 e. The average Bonchev–Trinajstić information content (AvgIpc) is 2.72.